The molecule has 0 radical (unpaired) electrons. The van der Waals surface area contributed by atoms with Gasteiger partial charge in [0.25, 0.3) is 0 Å². The Bertz CT molecular complexity index is 1270. The maximum Gasteiger partial charge on any atom is 0.407 e. The molecule has 12 heteroatoms. The lowest BCUT2D eigenvalue weighted by Crippen LogP contribution is -2.51. The molecule has 1 saturated carbocycles. The van der Waals surface area contributed by atoms with Crippen molar-refractivity contribution < 1.29 is 9.53 Å². The summed E-state index contributed by atoms with van der Waals surface area (Å²) in [4.78, 5) is 25.1. The number of carbonyl (C=O) groups excluding carboxylic acids is 1. The lowest BCUT2D eigenvalue weighted by atomic mass is 9.74. The van der Waals surface area contributed by atoms with Gasteiger partial charge >= 0.3 is 6.09 Å². The van der Waals surface area contributed by atoms with Gasteiger partial charge in [0, 0.05) is 36.4 Å². The van der Waals surface area contributed by atoms with Gasteiger partial charge in [-0.25, -0.2) is 19.2 Å². The normalized spacial score (nSPS) is 19.7. The predicted octanol–water partition coefficient (Wildman–Crippen LogP) is 4.57. The molecule has 1 aliphatic carbocycles. The number of nitrogens with one attached hydrogen (secondary N) is 1. The molecule has 1 spiro atoms. The van der Waals surface area contributed by atoms with Crippen LogP contribution in [-0.4, -0.2) is 55.4 Å². The van der Waals surface area contributed by atoms with E-state index in [4.69, 9.17) is 27.1 Å². The Morgan fingerprint density at radius 2 is 2.03 bits per heavy atom. The number of amides is 1. The quantitative estimate of drug-likeness (QED) is 0.499. The van der Waals surface area contributed by atoms with Crippen LogP contribution in [0.3, 0.4) is 0 Å². The van der Waals surface area contributed by atoms with E-state index < -0.39 is 5.60 Å². The summed E-state index contributed by atoms with van der Waals surface area (Å²) in [5.74, 6) is 1.10. The summed E-state index contributed by atoms with van der Waals surface area (Å²) >= 11 is 7.78. The second-order valence-electron chi connectivity index (χ2n) is 10.5. The van der Waals surface area contributed by atoms with Crippen LogP contribution in [0, 0.1) is 5.41 Å². The molecular formula is C24H31ClN8O2S. The molecule has 0 aromatic carbocycles. The van der Waals surface area contributed by atoms with E-state index in [2.05, 4.69) is 25.4 Å². The smallest absolute Gasteiger partial charge is 0.407 e. The number of nitrogens with two attached hydrogens (primary N) is 1. The van der Waals surface area contributed by atoms with Gasteiger partial charge < -0.3 is 20.7 Å². The van der Waals surface area contributed by atoms with Crippen molar-refractivity contribution in [1.29, 1.82) is 0 Å². The minimum absolute atomic E-state index is 0.0908. The van der Waals surface area contributed by atoms with E-state index >= 15 is 0 Å². The van der Waals surface area contributed by atoms with Gasteiger partial charge in [-0.15, -0.1) is 10.2 Å². The molecule has 0 unspecified atom stereocenters. The average molecular weight is 531 g/mol. The third-order valence-corrected chi connectivity index (χ3v) is 8.60. The molecule has 10 nitrogen and oxygen atoms in total. The Labute approximate surface area is 219 Å². The van der Waals surface area contributed by atoms with Crippen LogP contribution < -0.4 is 16.0 Å². The summed E-state index contributed by atoms with van der Waals surface area (Å²) in [5, 5.41) is 12.1. The van der Waals surface area contributed by atoms with Gasteiger partial charge in [0.15, 0.2) is 5.65 Å². The summed E-state index contributed by atoms with van der Waals surface area (Å²) < 4.78 is 7.44. The highest BCUT2D eigenvalue weighted by molar-refractivity contribution is 7.99. The zero-order chi connectivity index (χ0) is 25.5. The molecule has 2 fully saturated rings. The minimum atomic E-state index is -0.505. The van der Waals surface area contributed by atoms with Crippen molar-refractivity contribution in [2.45, 2.75) is 74.3 Å². The van der Waals surface area contributed by atoms with Crippen molar-refractivity contribution in [2.24, 2.45) is 5.41 Å². The number of carbonyl (C=O) groups is 1. The fraction of sp³-hybridized carbons (Fsp3) is 0.542. The molecule has 1 amide bonds. The summed E-state index contributed by atoms with van der Waals surface area (Å²) in [5.41, 5.74) is 6.15. The number of aromatic nitrogens is 5. The number of ether oxygens (including phenoxy) is 1. The lowest BCUT2D eigenvalue weighted by Gasteiger charge is -2.43. The zero-order valence-electron chi connectivity index (χ0n) is 20.7. The Balaban J connectivity index is 1.31. The highest BCUT2D eigenvalue weighted by Crippen LogP contribution is 2.47. The number of rotatable bonds is 4. The van der Waals surface area contributed by atoms with Crippen LogP contribution in [0.2, 0.25) is 5.02 Å². The van der Waals surface area contributed by atoms with E-state index in [1.54, 1.807) is 12.5 Å². The lowest BCUT2D eigenvalue weighted by molar-refractivity contribution is 0.0442. The van der Waals surface area contributed by atoms with Gasteiger partial charge in [-0.2, -0.15) is 0 Å². The van der Waals surface area contributed by atoms with Crippen molar-refractivity contribution in [2.75, 3.05) is 23.7 Å². The minimum Gasteiger partial charge on any atom is -0.444 e. The largest absolute Gasteiger partial charge is 0.444 e. The summed E-state index contributed by atoms with van der Waals surface area (Å²) in [6.07, 6.45) is 9.96. The summed E-state index contributed by atoms with van der Waals surface area (Å²) in [6.45, 7) is 7.34. The fourth-order valence-corrected chi connectivity index (χ4v) is 6.42. The number of pyridine rings is 1. The number of nitrogens with zero attached hydrogens (tertiary/aromatic N) is 6. The molecule has 192 valence electrons. The van der Waals surface area contributed by atoms with Crippen molar-refractivity contribution in [1.82, 2.24) is 29.9 Å². The van der Waals surface area contributed by atoms with Crippen LogP contribution in [0.4, 0.5) is 16.6 Å². The number of hydrogen-bond acceptors (Lipinski definition) is 9. The van der Waals surface area contributed by atoms with Crippen molar-refractivity contribution >= 4 is 46.9 Å². The van der Waals surface area contributed by atoms with Gasteiger partial charge in [0.05, 0.1) is 9.92 Å². The van der Waals surface area contributed by atoms with Gasteiger partial charge in [0.1, 0.15) is 17.7 Å². The maximum absolute atomic E-state index is 12.5. The van der Waals surface area contributed by atoms with Gasteiger partial charge in [-0.1, -0.05) is 29.8 Å². The number of piperidine rings is 1. The maximum atomic E-state index is 12.5. The van der Waals surface area contributed by atoms with Crippen LogP contribution >= 0.6 is 23.4 Å². The Morgan fingerprint density at radius 3 is 2.78 bits per heavy atom. The van der Waals surface area contributed by atoms with Crippen LogP contribution in [0.15, 0.2) is 34.6 Å². The van der Waals surface area contributed by atoms with E-state index in [1.807, 2.05) is 37.4 Å². The number of nitrogen functional groups attached to an aromatic ring is 1. The number of anilines is 2. The van der Waals surface area contributed by atoms with E-state index in [0.717, 1.165) is 60.9 Å². The molecular weight excluding hydrogens is 500 g/mol. The van der Waals surface area contributed by atoms with Crippen LogP contribution in [0.5, 0.6) is 0 Å². The highest BCUT2D eigenvalue weighted by atomic mass is 35.5. The SMILES string of the molecule is CC(C)(C)OC(=O)N[C@@H]1CCCC12CCN(c1ncc(Sc3ccnc(N)c3Cl)c3nncn13)CC2. The van der Waals surface area contributed by atoms with E-state index in [0.29, 0.717) is 10.7 Å². The molecule has 5 rings (SSSR count). The number of alkyl carbamates (subject to hydrolysis) is 1. The fourth-order valence-electron chi connectivity index (χ4n) is 5.29. The molecule has 36 heavy (non-hydrogen) atoms. The third-order valence-electron chi connectivity index (χ3n) is 7.02. The molecule has 2 aliphatic rings. The van der Waals surface area contributed by atoms with Crippen molar-refractivity contribution in [3.63, 3.8) is 0 Å². The van der Waals surface area contributed by atoms with E-state index in [9.17, 15) is 4.79 Å². The van der Waals surface area contributed by atoms with Crippen molar-refractivity contribution in [3.05, 3.63) is 29.8 Å². The Morgan fingerprint density at radius 1 is 1.25 bits per heavy atom. The molecule has 3 aromatic heterocycles. The molecule has 1 aliphatic heterocycles. The van der Waals surface area contributed by atoms with Crippen molar-refractivity contribution in [3.8, 4) is 0 Å². The average Bonchev–Trinajstić information content (AvgIpc) is 3.45. The Kier molecular flexibility index (Phi) is 6.63. The first kappa shape index (κ1) is 24.9. The predicted molar refractivity (Wildman–Crippen MR) is 139 cm³/mol. The summed E-state index contributed by atoms with van der Waals surface area (Å²) in [7, 11) is 0. The van der Waals surface area contributed by atoms with Gasteiger partial charge in [-0.05, 0) is 57.9 Å². The van der Waals surface area contributed by atoms with Crippen LogP contribution in [0.25, 0.3) is 5.65 Å². The second kappa shape index (κ2) is 9.59. The monoisotopic (exact) mass is 530 g/mol. The highest BCUT2D eigenvalue weighted by Gasteiger charge is 2.46. The van der Waals surface area contributed by atoms with Gasteiger partial charge in [0.2, 0.25) is 5.95 Å². The molecule has 0 bridgehead atoms. The topological polar surface area (TPSA) is 124 Å². The number of halogens is 1. The van der Waals surface area contributed by atoms with E-state index in [-0.39, 0.29) is 23.4 Å². The molecule has 3 aromatic rings. The number of hydrogen-bond donors (Lipinski definition) is 2. The first-order chi connectivity index (χ1) is 17.2. The second-order valence-corrected chi connectivity index (χ2v) is 12.0. The summed E-state index contributed by atoms with van der Waals surface area (Å²) in [6, 6.07) is 1.95. The van der Waals surface area contributed by atoms with Crippen LogP contribution in [0.1, 0.15) is 52.9 Å². The molecule has 1 saturated heterocycles. The van der Waals surface area contributed by atoms with E-state index in [1.165, 1.54) is 11.8 Å². The third kappa shape index (κ3) is 4.90. The first-order valence-electron chi connectivity index (χ1n) is 12.2. The molecule has 3 N–H and O–H groups in total. The van der Waals surface area contributed by atoms with Gasteiger partial charge in [-0.3, -0.25) is 0 Å². The first-order valence-corrected chi connectivity index (χ1v) is 13.4. The zero-order valence-corrected chi connectivity index (χ0v) is 22.3. The number of fused-ring (bicyclic) bond motifs is 1. The van der Waals surface area contributed by atoms with Crippen LogP contribution in [-0.2, 0) is 4.74 Å². The standard InChI is InChI=1S/C24H31ClN8O2S/c1-23(2,3)35-22(34)30-17-5-4-7-24(17)8-11-32(12-9-24)21-28-13-16(20-31-29-14-33(20)21)36-15-6-10-27-19(26)18(15)25/h6,10,13-14,17H,4-5,7-9,11-12H2,1-3H3,(H2,26,27)(H,30,34)/t17-/m1/s1. The molecule has 1 atom stereocenters. The molecule has 4 heterocycles. The Hall–Kier alpha value is -2.79.